The average molecular weight is 364 g/mol. The highest BCUT2D eigenvalue weighted by atomic mass is 32.2. The maximum atomic E-state index is 12.4. The van der Waals surface area contributed by atoms with Gasteiger partial charge in [-0.2, -0.15) is 0 Å². The Morgan fingerprint density at radius 1 is 0.923 bits per heavy atom. The molecular formula is C20H16N2O3S. The molecule has 3 aromatic carbocycles. The minimum Gasteiger partial charge on any atom is -0.436 e. The van der Waals surface area contributed by atoms with E-state index in [9.17, 15) is 8.42 Å². The lowest BCUT2D eigenvalue weighted by Crippen LogP contribution is -2.12. The monoisotopic (exact) mass is 364 g/mol. The Balaban J connectivity index is 1.68. The first-order valence-corrected chi connectivity index (χ1v) is 9.55. The van der Waals surface area contributed by atoms with Crippen LogP contribution in [-0.2, 0) is 10.0 Å². The molecule has 6 heteroatoms. The summed E-state index contributed by atoms with van der Waals surface area (Å²) in [6.45, 7) is 2.00. The standard InChI is InChI=1S/C20H16N2O3S/c1-14-6-5-7-15(12-14)20-21-18-11-10-16(13-19(18)25-20)22-26(23,24)17-8-3-2-4-9-17/h2-13,22H,1H3. The fourth-order valence-corrected chi connectivity index (χ4v) is 3.77. The molecule has 0 spiro atoms. The van der Waals surface area contributed by atoms with Crippen LogP contribution in [0, 0.1) is 6.92 Å². The second-order valence-corrected chi connectivity index (χ2v) is 7.67. The molecule has 1 N–H and O–H groups in total. The van der Waals surface area contributed by atoms with Crippen molar-refractivity contribution in [2.45, 2.75) is 11.8 Å². The average Bonchev–Trinajstić information content (AvgIpc) is 3.05. The van der Waals surface area contributed by atoms with Crippen LogP contribution in [0.1, 0.15) is 5.56 Å². The van der Waals surface area contributed by atoms with Gasteiger partial charge in [-0.1, -0.05) is 35.9 Å². The SMILES string of the molecule is Cc1cccc(-c2nc3ccc(NS(=O)(=O)c4ccccc4)cc3o2)c1. The number of anilines is 1. The Labute approximate surface area is 151 Å². The smallest absolute Gasteiger partial charge is 0.261 e. The topological polar surface area (TPSA) is 72.2 Å². The maximum absolute atomic E-state index is 12.4. The largest absolute Gasteiger partial charge is 0.436 e. The van der Waals surface area contributed by atoms with E-state index in [4.69, 9.17) is 4.42 Å². The third-order valence-corrected chi connectivity index (χ3v) is 5.36. The van der Waals surface area contributed by atoms with Crippen molar-refractivity contribution >= 4 is 26.8 Å². The van der Waals surface area contributed by atoms with Gasteiger partial charge in [0.05, 0.1) is 10.6 Å². The third-order valence-electron chi connectivity index (χ3n) is 3.96. The minimum atomic E-state index is -3.65. The summed E-state index contributed by atoms with van der Waals surface area (Å²) in [5, 5.41) is 0. The summed E-state index contributed by atoms with van der Waals surface area (Å²) < 4.78 is 33.3. The Hall–Kier alpha value is -3.12. The second kappa shape index (κ2) is 6.31. The van der Waals surface area contributed by atoms with E-state index in [0.717, 1.165) is 11.1 Å². The van der Waals surface area contributed by atoms with Gasteiger partial charge < -0.3 is 4.42 Å². The van der Waals surface area contributed by atoms with E-state index < -0.39 is 10.0 Å². The van der Waals surface area contributed by atoms with Crippen LogP contribution in [0.2, 0.25) is 0 Å². The van der Waals surface area contributed by atoms with Gasteiger partial charge in [0.1, 0.15) is 5.52 Å². The first-order chi connectivity index (χ1) is 12.5. The van der Waals surface area contributed by atoms with Crippen LogP contribution in [0.4, 0.5) is 5.69 Å². The van der Waals surface area contributed by atoms with Crippen molar-refractivity contribution in [3.63, 3.8) is 0 Å². The highest BCUT2D eigenvalue weighted by molar-refractivity contribution is 7.92. The molecule has 26 heavy (non-hydrogen) atoms. The summed E-state index contributed by atoms with van der Waals surface area (Å²) in [7, 11) is -3.65. The molecule has 5 nitrogen and oxygen atoms in total. The molecule has 0 aliphatic carbocycles. The molecule has 0 amide bonds. The van der Waals surface area contributed by atoms with Gasteiger partial charge in [-0.05, 0) is 43.3 Å². The zero-order valence-corrected chi connectivity index (χ0v) is 14.8. The van der Waals surface area contributed by atoms with Crippen molar-refractivity contribution in [2.24, 2.45) is 0 Å². The molecule has 0 radical (unpaired) electrons. The van der Waals surface area contributed by atoms with Gasteiger partial charge in [0.25, 0.3) is 10.0 Å². The van der Waals surface area contributed by atoms with E-state index >= 15 is 0 Å². The molecule has 0 aliphatic heterocycles. The number of aromatic nitrogens is 1. The molecule has 4 aromatic rings. The van der Waals surface area contributed by atoms with E-state index in [1.165, 1.54) is 0 Å². The summed E-state index contributed by atoms with van der Waals surface area (Å²) >= 11 is 0. The fourth-order valence-electron chi connectivity index (χ4n) is 2.70. The zero-order chi connectivity index (χ0) is 18.1. The van der Waals surface area contributed by atoms with Gasteiger partial charge in [0, 0.05) is 11.6 Å². The van der Waals surface area contributed by atoms with Crippen LogP contribution in [0.25, 0.3) is 22.6 Å². The zero-order valence-electron chi connectivity index (χ0n) is 14.0. The van der Waals surface area contributed by atoms with E-state index in [1.807, 2.05) is 31.2 Å². The van der Waals surface area contributed by atoms with Crippen molar-refractivity contribution < 1.29 is 12.8 Å². The molecule has 0 atom stereocenters. The van der Waals surface area contributed by atoms with Crippen LogP contribution in [-0.4, -0.2) is 13.4 Å². The molecule has 1 aromatic heterocycles. The summed E-state index contributed by atoms with van der Waals surface area (Å²) in [4.78, 5) is 4.68. The molecule has 0 saturated heterocycles. The van der Waals surface area contributed by atoms with Crippen LogP contribution in [0.3, 0.4) is 0 Å². The van der Waals surface area contributed by atoms with Gasteiger partial charge in [-0.3, -0.25) is 4.72 Å². The van der Waals surface area contributed by atoms with Crippen molar-refractivity contribution in [2.75, 3.05) is 4.72 Å². The van der Waals surface area contributed by atoms with Crippen molar-refractivity contribution in [3.8, 4) is 11.5 Å². The van der Waals surface area contributed by atoms with Crippen molar-refractivity contribution in [3.05, 3.63) is 78.4 Å². The lowest BCUT2D eigenvalue weighted by Gasteiger charge is -2.07. The maximum Gasteiger partial charge on any atom is 0.261 e. The normalized spacial score (nSPS) is 11.6. The molecule has 0 saturated carbocycles. The Kier molecular flexibility index (Phi) is 3.97. The lowest BCUT2D eigenvalue weighted by atomic mass is 10.1. The Bertz CT molecular complexity index is 1180. The lowest BCUT2D eigenvalue weighted by molar-refractivity contribution is 0.601. The first-order valence-electron chi connectivity index (χ1n) is 8.07. The van der Waals surface area contributed by atoms with E-state index in [0.29, 0.717) is 22.7 Å². The number of hydrogen-bond acceptors (Lipinski definition) is 4. The van der Waals surface area contributed by atoms with Gasteiger partial charge in [0.2, 0.25) is 5.89 Å². The summed E-state index contributed by atoms with van der Waals surface area (Å²) in [5.41, 5.74) is 3.61. The quantitative estimate of drug-likeness (QED) is 0.574. The number of nitrogens with zero attached hydrogens (tertiary/aromatic N) is 1. The van der Waals surface area contributed by atoms with E-state index in [1.54, 1.807) is 48.5 Å². The number of sulfonamides is 1. The Morgan fingerprint density at radius 2 is 1.73 bits per heavy atom. The molecular weight excluding hydrogens is 348 g/mol. The number of rotatable bonds is 4. The van der Waals surface area contributed by atoms with Crippen LogP contribution in [0.15, 0.2) is 82.1 Å². The van der Waals surface area contributed by atoms with Crippen LogP contribution in [0.5, 0.6) is 0 Å². The number of aryl methyl sites for hydroxylation is 1. The van der Waals surface area contributed by atoms with Gasteiger partial charge in [0.15, 0.2) is 5.58 Å². The number of nitrogens with one attached hydrogen (secondary N) is 1. The van der Waals surface area contributed by atoms with Crippen LogP contribution >= 0.6 is 0 Å². The molecule has 1 heterocycles. The summed E-state index contributed by atoms with van der Waals surface area (Å²) in [6.07, 6.45) is 0. The van der Waals surface area contributed by atoms with Gasteiger partial charge in [-0.15, -0.1) is 0 Å². The molecule has 0 bridgehead atoms. The van der Waals surface area contributed by atoms with Gasteiger partial charge >= 0.3 is 0 Å². The number of fused-ring (bicyclic) bond motifs is 1. The fraction of sp³-hybridized carbons (Fsp3) is 0.0500. The van der Waals surface area contributed by atoms with E-state index in [-0.39, 0.29) is 4.90 Å². The number of hydrogen-bond donors (Lipinski definition) is 1. The predicted molar refractivity (Wildman–Crippen MR) is 101 cm³/mol. The van der Waals surface area contributed by atoms with Gasteiger partial charge in [-0.25, -0.2) is 13.4 Å². The molecule has 0 unspecified atom stereocenters. The predicted octanol–water partition coefficient (Wildman–Crippen LogP) is 4.60. The molecule has 130 valence electrons. The second-order valence-electron chi connectivity index (χ2n) is 5.99. The highest BCUT2D eigenvalue weighted by Gasteiger charge is 2.15. The third kappa shape index (κ3) is 3.19. The number of benzene rings is 3. The Morgan fingerprint density at radius 3 is 2.50 bits per heavy atom. The molecule has 0 fully saturated rings. The molecule has 4 rings (SSSR count). The van der Waals surface area contributed by atoms with Crippen molar-refractivity contribution in [1.82, 2.24) is 4.98 Å². The minimum absolute atomic E-state index is 0.207. The van der Waals surface area contributed by atoms with Crippen LogP contribution < -0.4 is 4.72 Å². The first kappa shape index (κ1) is 16.4. The molecule has 0 aliphatic rings. The highest BCUT2D eigenvalue weighted by Crippen LogP contribution is 2.27. The van der Waals surface area contributed by atoms with E-state index in [2.05, 4.69) is 9.71 Å². The number of oxazole rings is 1. The van der Waals surface area contributed by atoms with Crippen molar-refractivity contribution in [1.29, 1.82) is 0 Å². The summed E-state index contributed by atoms with van der Waals surface area (Å²) in [6, 6.07) is 21.1. The summed E-state index contributed by atoms with van der Waals surface area (Å²) in [5.74, 6) is 0.506.